The lowest BCUT2D eigenvalue weighted by Gasteiger charge is -2.08. The lowest BCUT2D eigenvalue weighted by atomic mass is 10.2. The summed E-state index contributed by atoms with van der Waals surface area (Å²) in [4.78, 5) is 18.9. The summed E-state index contributed by atoms with van der Waals surface area (Å²) in [5.74, 6) is 1.42. The number of aromatic amines is 1. The molecule has 0 bridgehead atoms. The number of fused-ring (bicyclic) bond motifs is 1. The maximum Gasteiger partial charge on any atom is 0.217 e. The third-order valence-corrected chi connectivity index (χ3v) is 3.55. The summed E-state index contributed by atoms with van der Waals surface area (Å²) in [5.41, 5.74) is 2.86. The van der Waals surface area contributed by atoms with Gasteiger partial charge in [0.25, 0.3) is 0 Å². The van der Waals surface area contributed by atoms with E-state index in [1.807, 2.05) is 55.5 Å². The molecule has 2 N–H and O–H groups in total. The van der Waals surface area contributed by atoms with Gasteiger partial charge in [-0.15, -0.1) is 0 Å². The van der Waals surface area contributed by atoms with Crippen LogP contribution in [-0.2, 0) is 11.4 Å². The second kappa shape index (κ2) is 6.52. The number of ether oxygens (including phenoxy) is 1. The van der Waals surface area contributed by atoms with Crippen molar-refractivity contribution in [2.24, 2.45) is 0 Å². The molecule has 0 fully saturated rings. The van der Waals surface area contributed by atoms with E-state index in [4.69, 9.17) is 4.74 Å². The van der Waals surface area contributed by atoms with Crippen molar-refractivity contribution in [3.8, 4) is 5.75 Å². The van der Waals surface area contributed by atoms with Gasteiger partial charge in [-0.2, -0.15) is 0 Å². The van der Waals surface area contributed by atoms with Gasteiger partial charge in [-0.25, -0.2) is 4.98 Å². The topological polar surface area (TPSA) is 67.0 Å². The van der Waals surface area contributed by atoms with Gasteiger partial charge in [-0.1, -0.05) is 30.3 Å². The van der Waals surface area contributed by atoms with Crippen molar-refractivity contribution in [2.75, 3.05) is 0 Å². The van der Waals surface area contributed by atoms with E-state index in [0.29, 0.717) is 6.61 Å². The molecule has 1 atom stereocenters. The largest absolute Gasteiger partial charge is 0.489 e. The Morgan fingerprint density at radius 1 is 1.26 bits per heavy atom. The SMILES string of the molecule is CC(=O)NC(C)c1nc2cc(OCc3ccccc3)ccc2[nH]1. The summed E-state index contributed by atoms with van der Waals surface area (Å²) in [5, 5.41) is 2.82. The maximum atomic E-state index is 11.1. The van der Waals surface area contributed by atoms with Gasteiger partial charge in [0.1, 0.15) is 18.2 Å². The molecule has 23 heavy (non-hydrogen) atoms. The molecule has 1 amide bonds. The Bertz CT molecular complexity index is 812. The highest BCUT2D eigenvalue weighted by atomic mass is 16.5. The number of amides is 1. The summed E-state index contributed by atoms with van der Waals surface area (Å²) in [7, 11) is 0. The van der Waals surface area contributed by atoms with Crippen LogP contribution in [0, 0.1) is 0 Å². The average Bonchev–Trinajstić information content (AvgIpc) is 2.96. The van der Waals surface area contributed by atoms with Gasteiger partial charge < -0.3 is 15.0 Å². The Balaban J connectivity index is 1.75. The number of nitrogens with one attached hydrogen (secondary N) is 2. The van der Waals surface area contributed by atoms with E-state index in [9.17, 15) is 4.79 Å². The number of nitrogens with zero attached hydrogens (tertiary/aromatic N) is 1. The number of benzene rings is 2. The lowest BCUT2D eigenvalue weighted by molar-refractivity contribution is -0.119. The van der Waals surface area contributed by atoms with Crippen molar-refractivity contribution < 1.29 is 9.53 Å². The molecule has 0 saturated heterocycles. The van der Waals surface area contributed by atoms with Crippen LogP contribution in [0.25, 0.3) is 11.0 Å². The number of rotatable bonds is 5. The molecule has 118 valence electrons. The normalized spacial score (nSPS) is 12.1. The van der Waals surface area contributed by atoms with Gasteiger partial charge in [0.2, 0.25) is 5.91 Å². The molecular formula is C18H19N3O2. The number of hydrogen-bond donors (Lipinski definition) is 2. The van der Waals surface area contributed by atoms with Gasteiger partial charge in [0, 0.05) is 13.0 Å². The summed E-state index contributed by atoms with van der Waals surface area (Å²) in [6.45, 7) is 3.91. The molecular weight excluding hydrogens is 290 g/mol. The Labute approximate surface area is 134 Å². The van der Waals surface area contributed by atoms with E-state index < -0.39 is 0 Å². The number of H-pyrrole nitrogens is 1. The fraction of sp³-hybridized carbons (Fsp3) is 0.222. The first-order valence-corrected chi connectivity index (χ1v) is 7.55. The molecule has 0 aliphatic heterocycles. The molecule has 0 spiro atoms. The molecule has 3 rings (SSSR count). The minimum atomic E-state index is -0.159. The van der Waals surface area contributed by atoms with Crippen LogP contribution in [0.3, 0.4) is 0 Å². The molecule has 3 aromatic rings. The molecule has 1 aromatic heterocycles. The summed E-state index contributed by atoms with van der Waals surface area (Å²) >= 11 is 0. The van der Waals surface area contributed by atoms with Crippen LogP contribution in [0.4, 0.5) is 0 Å². The zero-order valence-electron chi connectivity index (χ0n) is 13.2. The quantitative estimate of drug-likeness (QED) is 0.759. The molecule has 5 nitrogen and oxygen atoms in total. The first kappa shape index (κ1) is 15.1. The smallest absolute Gasteiger partial charge is 0.217 e. The van der Waals surface area contributed by atoms with E-state index in [1.54, 1.807) is 0 Å². The van der Waals surface area contributed by atoms with E-state index in [0.717, 1.165) is 28.2 Å². The van der Waals surface area contributed by atoms with Crippen LogP contribution < -0.4 is 10.1 Å². The van der Waals surface area contributed by atoms with Crippen LogP contribution >= 0.6 is 0 Å². The molecule has 0 aliphatic rings. The second-order valence-corrected chi connectivity index (χ2v) is 5.50. The first-order chi connectivity index (χ1) is 11.1. The second-order valence-electron chi connectivity index (χ2n) is 5.50. The highest BCUT2D eigenvalue weighted by Gasteiger charge is 2.12. The van der Waals surface area contributed by atoms with E-state index in [-0.39, 0.29) is 11.9 Å². The van der Waals surface area contributed by atoms with Crippen LogP contribution in [0.1, 0.15) is 31.3 Å². The Morgan fingerprint density at radius 2 is 2.04 bits per heavy atom. The van der Waals surface area contributed by atoms with Crippen LogP contribution in [0.15, 0.2) is 48.5 Å². The van der Waals surface area contributed by atoms with Crippen molar-refractivity contribution in [2.45, 2.75) is 26.5 Å². The fourth-order valence-corrected chi connectivity index (χ4v) is 2.41. The minimum Gasteiger partial charge on any atom is -0.489 e. The number of carbonyl (C=O) groups excluding carboxylic acids is 1. The van der Waals surface area contributed by atoms with Crippen LogP contribution in [0.5, 0.6) is 5.75 Å². The third kappa shape index (κ3) is 3.69. The van der Waals surface area contributed by atoms with E-state index in [1.165, 1.54) is 6.92 Å². The van der Waals surface area contributed by atoms with Crippen molar-refractivity contribution in [3.63, 3.8) is 0 Å². The number of hydrogen-bond acceptors (Lipinski definition) is 3. The standard InChI is InChI=1S/C18H19N3O2/c1-12(19-13(2)22)18-20-16-9-8-15(10-17(16)21-18)23-11-14-6-4-3-5-7-14/h3-10,12H,11H2,1-2H3,(H,19,22)(H,20,21). The molecule has 5 heteroatoms. The Morgan fingerprint density at radius 3 is 2.78 bits per heavy atom. The average molecular weight is 309 g/mol. The number of carbonyl (C=O) groups is 1. The predicted octanol–water partition coefficient (Wildman–Crippen LogP) is 3.34. The Hall–Kier alpha value is -2.82. The maximum absolute atomic E-state index is 11.1. The predicted molar refractivity (Wildman–Crippen MR) is 89.1 cm³/mol. The van der Waals surface area contributed by atoms with E-state index >= 15 is 0 Å². The van der Waals surface area contributed by atoms with Crippen molar-refractivity contribution >= 4 is 16.9 Å². The lowest BCUT2D eigenvalue weighted by Crippen LogP contribution is -2.24. The summed E-state index contributed by atoms with van der Waals surface area (Å²) < 4.78 is 5.81. The number of aromatic nitrogens is 2. The monoisotopic (exact) mass is 309 g/mol. The first-order valence-electron chi connectivity index (χ1n) is 7.55. The third-order valence-electron chi connectivity index (χ3n) is 3.55. The highest BCUT2D eigenvalue weighted by Crippen LogP contribution is 2.22. The van der Waals surface area contributed by atoms with Gasteiger partial charge in [-0.3, -0.25) is 4.79 Å². The van der Waals surface area contributed by atoms with Crippen molar-refractivity contribution in [1.29, 1.82) is 0 Å². The summed E-state index contributed by atoms with van der Waals surface area (Å²) in [6, 6.07) is 15.6. The molecule has 0 saturated carbocycles. The van der Waals surface area contributed by atoms with Crippen molar-refractivity contribution in [1.82, 2.24) is 15.3 Å². The van der Waals surface area contributed by atoms with Crippen LogP contribution in [-0.4, -0.2) is 15.9 Å². The van der Waals surface area contributed by atoms with E-state index in [2.05, 4.69) is 15.3 Å². The zero-order chi connectivity index (χ0) is 16.2. The van der Waals surface area contributed by atoms with Crippen LogP contribution in [0.2, 0.25) is 0 Å². The van der Waals surface area contributed by atoms with Gasteiger partial charge in [-0.05, 0) is 24.6 Å². The molecule has 1 unspecified atom stereocenters. The van der Waals surface area contributed by atoms with Gasteiger partial charge >= 0.3 is 0 Å². The number of imidazole rings is 1. The molecule has 0 aliphatic carbocycles. The molecule has 0 radical (unpaired) electrons. The molecule has 2 aromatic carbocycles. The zero-order valence-corrected chi connectivity index (χ0v) is 13.2. The van der Waals surface area contributed by atoms with Gasteiger partial charge in [0.15, 0.2) is 0 Å². The summed E-state index contributed by atoms with van der Waals surface area (Å²) in [6.07, 6.45) is 0. The fourth-order valence-electron chi connectivity index (χ4n) is 2.41. The highest BCUT2D eigenvalue weighted by molar-refractivity contribution is 5.77. The minimum absolute atomic E-state index is 0.0789. The van der Waals surface area contributed by atoms with Gasteiger partial charge in [0.05, 0.1) is 17.1 Å². The van der Waals surface area contributed by atoms with Crippen molar-refractivity contribution in [3.05, 3.63) is 59.9 Å². The molecule has 1 heterocycles. The Kier molecular flexibility index (Phi) is 4.28.